The summed E-state index contributed by atoms with van der Waals surface area (Å²) in [6, 6.07) is 0.422. The summed E-state index contributed by atoms with van der Waals surface area (Å²) in [7, 11) is -4.18. The van der Waals surface area contributed by atoms with Gasteiger partial charge in [0.2, 0.25) is 5.91 Å². The zero-order valence-electron chi connectivity index (χ0n) is 11.5. The Bertz CT molecular complexity index is 658. The highest BCUT2D eigenvalue weighted by Crippen LogP contribution is 2.28. The summed E-state index contributed by atoms with van der Waals surface area (Å²) in [5.41, 5.74) is -1.05. The number of nitrogens with one attached hydrogen (secondary N) is 2. The molecular weight excluding hydrogens is 323 g/mol. The predicted molar refractivity (Wildman–Crippen MR) is 70.1 cm³/mol. The van der Waals surface area contributed by atoms with E-state index in [-0.39, 0.29) is 5.92 Å². The summed E-state index contributed by atoms with van der Waals surface area (Å²) >= 11 is 0. The molecule has 2 heterocycles. The topological polar surface area (TPSA) is 88.2 Å². The van der Waals surface area contributed by atoms with Crippen molar-refractivity contribution in [3.8, 4) is 0 Å². The molecule has 122 valence electrons. The summed E-state index contributed by atoms with van der Waals surface area (Å²) in [5, 5.41) is 1.97. The molecule has 2 rings (SSSR count). The first-order chi connectivity index (χ1) is 10.1. The molecule has 0 radical (unpaired) electrons. The Hall–Kier alpha value is -1.68. The van der Waals surface area contributed by atoms with E-state index in [9.17, 15) is 26.4 Å². The van der Waals surface area contributed by atoms with Gasteiger partial charge in [0.25, 0.3) is 10.0 Å². The van der Waals surface area contributed by atoms with Gasteiger partial charge in [-0.2, -0.15) is 17.9 Å². The van der Waals surface area contributed by atoms with Crippen molar-refractivity contribution in [2.45, 2.75) is 30.6 Å². The van der Waals surface area contributed by atoms with Gasteiger partial charge < -0.3 is 5.32 Å². The Morgan fingerprint density at radius 2 is 2.05 bits per heavy atom. The van der Waals surface area contributed by atoms with Gasteiger partial charge in [0.05, 0.1) is 5.56 Å². The van der Waals surface area contributed by atoms with Crippen LogP contribution in [0.15, 0.2) is 23.4 Å². The molecule has 1 saturated heterocycles. The standard InChI is InChI=1S/C12H14F3N3O3S/c1-7-4-5-16-11(19)10(7)18-22(20,21)9-3-2-8(6-17-9)12(13,14)15/h2-3,6-7,10,18H,4-5H2,1H3,(H,16,19). The molecule has 1 aromatic rings. The third-order valence-electron chi connectivity index (χ3n) is 3.37. The van der Waals surface area contributed by atoms with Crippen molar-refractivity contribution in [3.05, 3.63) is 23.9 Å². The third kappa shape index (κ3) is 3.55. The number of piperidine rings is 1. The lowest BCUT2D eigenvalue weighted by Crippen LogP contribution is -2.54. The number of alkyl halides is 3. The average molecular weight is 337 g/mol. The van der Waals surface area contributed by atoms with Gasteiger partial charge in [-0.3, -0.25) is 4.79 Å². The van der Waals surface area contributed by atoms with Crippen molar-refractivity contribution in [2.75, 3.05) is 6.54 Å². The molecule has 2 N–H and O–H groups in total. The largest absolute Gasteiger partial charge is 0.417 e. The molecule has 1 aliphatic heterocycles. The number of carbonyl (C=O) groups is 1. The van der Waals surface area contributed by atoms with Gasteiger partial charge in [0.1, 0.15) is 6.04 Å². The number of amides is 1. The zero-order valence-corrected chi connectivity index (χ0v) is 12.3. The van der Waals surface area contributed by atoms with E-state index in [0.717, 1.165) is 6.07 Å². The van der Waals surface area contributed by atoms with E-state index < -0.39 is 38.7 Å². The Morgan fingerprint density at radius 1 is 1.36 bits per heavy atom. The molecule has 10 heteroatoms. The van der Waals surface area contributed by atoms with E-state index in [1.165, 1.54) is 0 Å². The van der Waals surface area contributed by atoms with E-state index in [0.29, 0.717) is 25.2 Å². The minimum absolute atomic E-state index is 0.224. The second-order valence-corrected chi connectivity index (χ2v) is 6.70. The summed E-state index contributed by atoms with van der Waals surface area (Å²) in [6.45, 7) is 2.17. The summed E-state index contributed by atoms with van der Waals surface area (Å²) in [6.07, 6.45) is -3.56. The van der Waals surface area contributed by atoms with E-state index in [1.807, 2.05) is 0 Å². The molecule has 1 amide bonds. The van der Waals surface area contributed by atoms with Crippen LogP contribution in [0.3, 0.4) is 0 Å². The van der Waals surface area contributed by atoms with Gasteiger partial charge >= 0.3 is 6.18 Å². The molecule has 6 nitrogen and oxygen atoms in total. The van der Waals surface area contributed by atoms with E-state index >= 15 is 0 Å². The van der Waals surface area contributed by atoms with Gasteiger partial charge in [-0.15, -0.1) is 0 Å². The molecule has 0 aliphatic carbocycles. The fourth-order valence-electron chi connectivity index (χ4n) is 2.06. The molecule has 1 fully saturated rings. The van der Waals surface area contributed by atoms with Gasteiger partial charge in [-0.25, -0.2) is 13.4 Å². The number of hydrogen-bond donors (Lipinski definition) is 2. The lowest BCUT2D eigenvalue weighted by molar-refractivity contribution is -0.137. The zero-order chi connectivity index (χ0) is 16.5. The Morgan fingerprint density at radius 3 is 2.55 bits per heavy atom. The van der Waals surface area contributed by atoms with Crippen molar-refractivity contribution >= 4 is 15.9 Å². The van der Waals surface area contributed by atoms with Crippen LogP contribution in [-0.4, -0.2) is 31.9 Å². The van der Waals surface area contributed by atoms with E-state index in [2.05, 4.69) is 15.0 Å². The average Bonchev–Trinajstić information content (AvgIpc) is 2.42. The van der Waals surface area contributed by atoms with Gasteiger partial charge in [-0.1, -0.05) is 6.92 Å². The number of halogens is 3. The highest BCUT2D eigenvalue weighted by Gasteiger charge is 2.34. The van der Waals surface area contributed by atoms with E-state index in [1.54, 1.807) is 6.92 Å². The number of sulfonamides is 1. The first-order valence-electron chi connectivity index (χ1n) is 6.44. The van der Waals surface area contributed by atoms with Gasteiger partial charge in [0, 0.05) is 12.7 Å². The van der Waals surface area contributed by atoms with E-state index in [4.69, 9.17) is 0 Å². The minimum atomic E-state index is -4.60. The molecule has 2 unspecified atom stereocenters. The predicted octanol–water partition coefficient (Wildman–Crippen LogP) is 0.903. The summed E-state index contributed by atoms with van der Waals surface area (Å²) in [5.74, 6) is -0.688. The minimum Gasteiger partial charge on any atom is -0.355 e. The molecule has 1 aliphatic rings. The number of pyridine rings is 1. The Balaban J connectivity index is 2.21. The third-order valence-corrected chi connectivity index (χ3v) is 4.73. The first-order valence-corrected chi connectivity index (χ1v) is 7.93. The smallest absolute Gasteiger partial charge is 0.355 e. The van der Waals surface area contributed by atoms with Crippen molar-refractivity contribution in [2.24, 2.45) is 5.92 Å². The van der Waals surface area contributed by atoms with Crippen LogP contribution < -0.4 is 10.0 Å². The SMILES string of the molecule is CC1CCNC(=O)C1NS(=O)(=O)c1ccc(C(F)(F)F)cn1. The van der Waals surface area contributed by atoms with Crippen LogP contribution in [0.2, 0.25) is 0 Å². The molecule has 0 spiro atoms. The van der Waals surface area contributed by atoms with Crippen molar-refractivity contribution in [3.63, 3.8) is 0 Å². The van der Waals surface area contributed by atoms with Crippen LogP contribution in [0.4, 0.5) is 13.2 Å². The van der Waals surface area contributed by atoms with Crippen LogP contribution in [0.5, 0.6) is 0 Å². The Kier molecular flexibility index (Phi) is 4.43. The van der Waals surface area contributed by atoms with Crippen LogP contribution in [-0.2, 0) is 21.0 Å². The highest BCUT2D eigenvalue weighted by atomic mass is 32.2. The van der Waals surface area contributed by atoms with Crippen molar-refractivity contribution < 1.29 is 26.4 Å². The van der Waals surface area contributed by atoms with Crippen LogP contribution in [0, 0.1) is 5.92 Å². The first kappa shape index (κ1) is 16.7. The number of rotatable bonds is 3. The van der Waals surface area contributed by atoms with Crippen LogP contribution >= 0.6 is 0 Å². The maximum Gasteiger partial charge on any atom is 0.417 e. The number of aromatic nitrogens is 1. The molecule has 0 aromatic carbocycles. The fourth-order valence-corrected chi connectivity index (χ4v) is 3.30. The second-order valence-electron chi connectivity index (χ2n) is 5.04. The monoisotopic (exact) mass is 337 g/mol. The molecule has 0 saturated carbocycles. The number of hydrogen-bond acceptors (Lipinski definition) is 4. The number of carbonyl (C=O) groups excluding carboxylic acids is 1. The molecular formula is C12H14F3N3O3S. The molecule has 2 atom stereocenters. The van der Waals surface area contributed by atoms with Crippen LogP contribution in [0.1, 0.15) is 18.9 Å². The summed E-state index contributed by atoms with van der Waals surface area (Å²) < 4.78 is 63.7. The molecule has 1 aromatic heterocycles. The highest BCUT2D eigenvalue weighted by molar-refractivity contribution is 7.89. The van der Waals surface area contributed by atoms with Gasteiger partial charge in [-0.05, 0) is 24.5 Å². The summed E-state index contributed by atoms with van der Waals surface area (Å²) in [4.78, 5) is 15.0. The van der Waals surface area contributed by atoms with Crippen molar-refractivity contribution in [1.29, 1.82) is 0 Å². The van der Waals surface area contributed by atoms with Crippen LogP contribution in [0.25, 0.3) is 0 Å². The lowest BCUT2D eigenvalue weighted by Gasteiger charge is -2.28. The fraction of sp³-hybridized carbons (Fsp3) is 0.500. The normalized spacial score (nSPS) is 23.2. The van der Waals surface area contributed by atoms with Crippen molar-refractivity contribution in [1.82, 2.24) is 15.0 Å². The maximum atomic E-state index is 12.4. The lowest BCUT2D eigenvalue weighted by atomic mass is 9.95. The quantitative estimate of drug-likeness (QED) is 0.858. The molecule has 22 heavy (non-hydrogen) atoms. The number of nitrogens with zero attached hydrogens (tertiary/aromatic N) is 1. The van der Waals surface area contributed by atoms with Gasteiger partial charge in [0.15, 0.2) is 5.03 Å². The maximum absolute atomic E-state index is 12.4. The Labute approximate surface area is 125 Å². The molecule has 0 bridgehead atoms. The second kappa shape index (κ2) is 5.84.